The lowest BCUT2D eigenvalue weighted by Crippen LogP contribution is -2.37. The summed E-state index contributed by atoms with van der Waals surface area (Å²) in [5.74, 6) is -0.422. The van der Waals surface area contributed by atoms with E-state index >= 15 is 0 Å². The summed E-state index contributed by atoms with van der Waals surface area (Å²) >= 11 is 1.13. The van der Waals surface area contributed by atoms with E-state index in [-0.39, 0.29) is 5.13 Å². The topological polar surface area (TPSA) is 50.8 Å². The summed E-state index contributed by atoms with van der Waals surface area (Å²) in [7, 11) is 3.39. The molecule has 1 saturated heterocycles. The van der Waals surface area contributed by atoms with E-state index in [2.05, 4.69) is 10.2 Å². The third-order valence-electron chi connectivity index (χ3n) is 6.36. The van der Waals surface area contributed by atoms with Gasteiger partial charge in [0.15, 0.2) is 5.13 Å². The van der Waals surface area contributed by atoms with E-state index in [0.717, 1.165) is 38.7 Å². The Morgan fingerprint density at radius 3 is 2.55 bits per heavy atom. The van der Waals surface area contributed by atoms with Crippen LogP contribution in [0.5, 0.6) is 0 Å². The Hall–Kier alpha value is -2.48. The van der Waals surface area contributed by atoms with Gasteiger partial charge in [0.25, 0.3) is 0 Å². The molecule has 5 nitrogen and oxygen atoms in total. The van der Waals surface area contributed by atoms with Gasteiger partial charge in [0, 0.05) is 34.8 Å². The van der Waals surface area contributed by atoms with Crippen molar-refractivity contribution in [3.05, 3.63) is 52.7 Å². The number of nitrogens with one attached hydrogen (secondary N) is 1. The maximum absolute atomic E-state index is 14.8. The minimum Gasteiger partial charge on any atom is -0.465 e. The summed E-state index contributed by atoms with van der Waals surface area (Å²) in [5.41, 5.74) is 3.55. The summed E-state index contributed by atoms with van der Waals surface area (Å²) in [6.45, 7) is 4.64. The molecule has 1 aliphatic carbocycles. The number of thiophene rings is 1. The minimum atomic E-state index is -0.422. The van der Waals surface area contributed by atoms with Crippen molar-refractivity contribution >= 4 is 33.1 Å². The molecule has 2 aliphatic rings. The SMILES string of the molecule is CNC1CCC1.COC(=O)c1cc(-c2c(F)sc3cc(C)ccc23)ccc1N1CCOCC1. The van der Waals surface area contributed by atoms with Crippen LogP contribution in [0, 0.1) is 12.1 Å². The molecule has 2 heterocycles. The summed E-state index contributed by atoms with van der Waals surface area (Å²) in [4.78, 5) is 14.5. The Bertz CT molecular complexity index is 1120. The normalized spacial score (nSPS) is 16.2. The second-order valence-electron chi connectivity index (χ2n) is 8.49. The molecule has 33 heavy (non-hydrogen) atoms. The Kier molecular flexibility index (Phi) is 7.63. The zero-order valence-electron chi connectivity index (χ0n) is 19.4. The van der Waals surface area contributed by atoms with Gasteiger partial charge >= 0.3 is 5.97 Å². The number of fused-ring (bicyclic) bond motifs is 1. The molecule has 1 N–H and O–H groups in total. The molecule has 2 fully saturated rings. The number of aryl methyl sites for hydroxylation is 1. The van der Waals surface area contributed by atoms with Gasteiger partial charge in [0.2, 0.25) is 0 Å². The molecular weight excluding hydrogens is 439 g/mol. The number of halogens is 1. The number of hydrogen-bond donors (Lipinski definition) is 1. The van der Waals surface area contributed by atoms with E-state index in [1.54, 1.807) is 6.07 Å². The van der Waals surface area contributed by atoms with Gasteiger partial charge in [-0.05, 0) is 56.1 Å². The number of nitrogens with zero attached hydrogens (tertiary/aromatic N) is 1. The van der Waals surface area contributed by atoms with Crippen molar-refractivity contribution in [2.24, 2.45) is 0 Å². The van der Waals surface area contributed by atoms with Crippen LogP contribution < -0.4 is 10.2 Å². The zero-order valence-corrected chi connectivity index (χ0v) is 20.3. The number of methoxy groups -OCH3 is 1. The number of morpholine rings is 1. The minimum absolute atomic E-state index is 0.245. The van der Waals surface area contributed by atoms with E-state index in [1.165, 1.54) is 26.4 Å². The highest BCUT2D eigenvalue weighted by Crippen LogP contribution is 2.39. The highest BCUT2D eigenvalue weighted by Gasteiger charge is 2.22. The number of carbonyl (C=O) groups is 1. The average Bonchev–Trinajstić information content (AvgIpc) is 3.13. The van der Waals surface area contributed by atoms with Gasteiger partial charge in [-0.25, -0.2) is 4.79 Å². The van der Waals surface area contributed by atoms with Crippen LogP contribution in [0.2, 0.25) is 0 Å². The fourth-order valence-electron chi connectivity index (χ4n) is 4.18. The second-order valence-corrected chi connectivity index (χ2v) is 9.49. The molecule has 5 rings (SSSR count). The van der Waals surface area contributed by atoms with Crippen molar-refractivity contribution < 1.29 is 18.7 Å². The summed E-state index contributed by atoms with van der Waals surface area (Å²) in [5, 5.41) is 3.82. The number of benzene rings is 2. The summed E-state index contributed by atoms with van der Waals surface area (Å²) in [6, 6.07) is 12.3. The molecule has 1 aliphatic heterocycles. The smallest absolute Gasteiger partial charge is 0.339 e. The quantitative estimate of drug-likeness (QED) is 0.518. The van der Waals surface area contributed by atoms with Crippen LogP contribution in [-0.4, -0.2) is 52.5 Å². The molecule has 2 aromatic carbocycles. The van der Waals surface area contributed by atoms with Gasteiger partial charge in [-0.1, -0.05) is 24.6 Å². The van der Waals surface area contributed by atoms with Crippen LogP contribution >= 0.6 is 11.3 Å². The van der Waals surface area contributed by atoms with Crippen molar-refractivity contribution in [2.45, 2.75) is 32.2 Å². The van der Waals surface area contributed by atoms with Crippen molar-refractivity contribution in [2.75, 3.05) is 45.4 Å². The van der Waals surface area contributed by atoms with Crippen LogP contribution in [-0.2, 0) is 9.47 Å². The van der Waals surface area contributed by atoms with Crippen LogP contribution in [0.1, 0.15) is 35.2 Å². The first-order chi connectivity index (χ1) is 16.0. The molecule has 0 atom stereocenters. The first kappa shape index (κ1) is 23.7. The van der Waals surface area contributed by atoms with Gasteiger partial charge in [-0.3, -0.25) is 0 Å². The van der Waals surface area contributed by atoms with Gasteiger partial charge in [0.1, 0.15) is 0 Å². The standard InChI is InChI=1S/C21H20FNO3S.C5H11N/c1-13-3-5-15-18(11-13)27-20(22)19(15)14-4-6-17(16(12-14)21(24)25-2)23-7-9-26-10-8-23;1-6-5-3-2-4-5/h3-6,11-12H,7-10H2,1-2H3;5-6H,2-4H2,1H3. The molecule has 0 unspecified atom stereocenters. The maximum Gasteiger partial charge on any atom is 0.339 e. The fraction of sp³-hybridized carbons (Fsp3) is 0.423. The van der Waals surface area contributed by atoms with Crippen molar-refractivity contribution in [1.82, 2.24) is 5.32 Å². The van der Waals surface area contributed by atoms with E-state index in [4.69, 9.17) is 9.47 Å². The predicted octanol–water partition coefficient (Wildman–Crippen LogP) is 5.40. The number of carbonyl (C=O) groups excluding carboxylic acids is 1. The molecule has 7 heteroatoms. The van der Waals surface area contributed by atoms with Crippen LogP contribution in [0.25, 0.3) is 21.2 Å². The molecule has 1 saturated carbocycles. The molecule has 0 spiro atoms. The monoisotopic (exact) mass is 470 g/mol. The van der Waals surface area contributed by atoms with Crippen LogP contribution in [0.4, 0.5) is 10.1 Å². The first-order valence-electron chi connectivity index (χ1n) is 11.4. The lowest BCUT2D eigenvalue weighted by molar-refractivity contribution is 0.0600. The molecule has 1 aromatic heterocycles. The summed E-state index contributed by atoms with van der Waals surface area (Å²) in [6.07, 6.45) is 4.23. The fourth-order valence-corrected chi connectivity index (χ4v) is 5.23. The predicted molar refractivity (Wildman–Crippen MR) is 133 cm³/mol. The lowest BCUT2D eigenvalue weighted by Gasteiger charge is -2.30. The molecule has 0 radical (unpaired) electrons. The number of ether oxygens (including phenoxy) is 2. The Morgan fingerprint density at radius 2 is 1.94 bits per heavy atom. The number of anilines is 1. The number of rotatable bonds is 4. The Labute approximate surface area is 198 Å². The van der Waals surface area contributed by atoms with Crippen LogP contribution in [0.15, 0.2) is 36.4 Å². The van der Waals surface area contributed by atoms with E-state index in [1.807, 2.05) is 44.3 Å². The zero-order chi connectivity index (χ0) is 23.4. The van der Waals surface area contributed by atoms with Crippen molar-refractivity contribution in [3.8, 4) is 11.1 Å². The molecule has 0 bridgehead atoms. The van der Waals surface area contributed by atoms with Gasteiger partial charge < -0.3 is 19.7 Å². The Morgan fingerprint density at radius 1 is 1.18 bits per heavy atom. The van der Waals surface area contributed by atoms with E-state index < -0.39 is 5.97 Å². The first-order valence-corrected chi connectivity index (χ1v) is 12.2. The third kappa shape index (κ3) is 5.21. The second kappa shape index (κ2) is 10.6. The Balaban J connectivity index is 0.000000376. The maximum atomic E-state index is 14.8. The molecule has 176 valence electrons. The average molecular weight is 471 g/mol. The highest BCUT2D eigenvalue weighted by atomic mass is 32.1. The van der Waals surface area contributed by atoms with Crippen LogP contribution in [0.3, 0.4) is 0 Å². The van der Waals surface area contributed by atoms with Crippen molar-refractivity contribution in [1.29, 1.82) is 0 Å². The van der Waals surface area contributed by atoms with Crippen molar-refractivity contribution in [3.63, 3.8) is 0 Å². The molecule has 3 aromatic rings. The molecular formula is C26H31FN2O3S. The largest absolute Gasteiger partial charge is 0.465 e. The summed E-state index contributed by atoms with van der Waals surface area (Å²) < 4.78 is 26.1. The van der Waals surface area contributed by atoms with Gasteiger partial charge in [0.05, 0.1) is 31.6 Å². The van der Waals surface area contributed by atoms with E-state index in [9.17, 15) is 9.18 Å². The highest BCUT2D eigenvalue weighted by molar-refractivity contribution is 7.18. The number of hydrogen-bond acceptors (Lipinski definition) is 6. The van der Waals surface area contributed by atoms with E-state index in [0.29, 0.717) is 43.0 Å². The lowest BCUT2D eigenvalue weighted by atomic mass is 9.94. The number of esters is 1. The van der Waals surface area contributed by atoms with Gasteiger partial charge in [-0.2, -0.15) is 4.39 Å². The molecule has 0 amide bonds. The van der Waals surface area contributed by atoms with Gasteiger partial charge in [-0.15, -0.1) is 11.3 Å². The third-order valence-corrected chi connectivity index (χ3v) is 7.30.